The van der Waals surface area contributed by atoms with Gasteiger partial charge in [-0.2, -0.15) is 0 Å². The molecule has 3 N–H and O–H groups in total. The van der Waals surface area contributed by atoms with Crippen LogP contribution in [0.1, 0.15) is 19.8 Å². The van der Waals surface area contributed by atoms with E-state index in [9.17, 15) is 0 Å². The average Bonchev–Trinajstić information content (AvgIpc) is 1.79. The van der Waals surface area contributed by atoms with Crippen molar-refractivity contribution in [2.45, 2.75) is 19.8 Å². The molecule has 0 aliphatic carbocycles. The van der Waals surface area contributed by atoms with Crippen LogP contribution in [0.4, 0.5) is 0 Å². The third-order valence-electron chi connectivity index (χ3n) is 2.09. The zero-order chi connectivity index (χ0) is 6.74. The van der Waals surface area contributed by atoms with Crippen LogP contribution in [0.5, 0.6) is 0 Å². The average molecular weight is 128 g/mol. The molecular formula is C7H16N2. The molecule has 0 amide bonds. The first-order valence-corrected chi connectivity index (χ1v) is 3.68. The van der Waals surface area contributed by atoms with Gasteiger partial charge in [0.25, 0.3) is 0 Å². The molecule has 2 nitrogen and oxygen atoms in total. The summed E-state index contributed by atoms with van der Waals surface area (Å²) in [7, 11) is 0. The van der Waals surface area contributed by atoms with Crippen LogP contribution in [-0.4, -0.2) is 19.6 Å². The van der Waals surface area contributed by atoms with Gasteiger partial charge in [0.1, 0.15) is 0 Å². The third kappa shape index (κ3) is 1.66. The Morgan fingerprint density at radius 2 is 2.22 bits per heavy atom. The molecule has 2 heteroatoms. The molecule has 0 saturated carbocycles. The van der Waals surface area contributed by atoms with Gasteiger partial charge in [-0.15, -0.1) is 0 Å². The molecule has 1 saturated heterocycles. The van der Waals surface area contributed by atoms with Crippen molar-refractivity contribution in [2.24, 2.45) is 11.1 Å². The van der Waals surface area contributed by atoms with Crippen LogP contribution in [-0.2, 0) is 0 Å². The normalized spacial score (nSPS) is 23.3. The molecule has 0 atom stereocenters. The Hall–Kier alpha value is -0.0800. The molecule has 0 unspecified atom stereocenters. The fourth-order valence-corrected chi connectivity index (χ4v) is 1.26. The summed E-state index contributed by atoms with van der Waals surface area (Å²) < 4.78 is 0. The van der Waals surface area contributed by atoms with E-state index in [4.69, 9.17) is 5.73 Å². The fourth-order valence-electron chi connectivity index (χ4n) is 1.26. The fraction of sp³-hybridized carbons (Fsp3) is 1.00. The van der Waals surface area contributed by atoms with Crippen molar-refractivity contribution in [2.75, 3.05) is 19.6 Å². The van der Waals surface area contributed by atoms with Crippen molar-refractivity contribution in [3.8, 4) is 0 Å². The Bertz CT molecular complexity index is 86.9. The van der Waals surface area contributed by atoms with E-state index in [1.54, 1.807) is 0 Å². The summed E-state index contributed by atoms with van der Waals surface area (Å²) in [5.41, 5.74) is 5.98. The van der Waals surface area contributed by atoms with Gasteiger partial charge in [-0.25, -0.2) is 0 Å². The van der Waals surface area contributed by atoms with Crippen LogP contribution < -0.4 is 11.1 Å². The Morgan fingerprint density at radius 1 is 1.56 bits per heavy atom. The molecule has 1 rings (SSSR count). The molecule has 0 aromatic carbocycles. The van der Waals surface area contributed by atoms with E-state index in [1.165, 1.54) is 25.9 Å². The number of nitrogens with one attached hydrogen (secondary N) is 1. The standard InChI is InChI=1S/C7H16N2/c1-7(3-2-4-8)5-9-6-7/h9H,2-6,8H2,1H3. The number of hydrogen-bond donors (Lipinski definition) is 2. The van der Waals surface area contributed by atoms with E-state index in [0.717, 1.165) is 6.54 Å². The van der Waals surface area contributed by atoms with E-state index in [1.807, 2.05) is 0 Å². The lowest BCUT2D eigenvalue weighted by Crippen LogP contribution is -2.51. The summed E-state index contributed by atoms with van der Waals surface area (Å²) in [6, 6.07) is 0. The van der Waals surface area contributed by atoms with Gasteiger partial charge >= 0.3 is 0 Å². The van der Waals surface area contributed by atoms with Crippen molar-refractivity contribution in [1.82, 2.24) is 5.32 Å². The highest BCUT2D eigenvalue weighted by molar-refractivity contribution is 4.87. The molecule has 9 heavy (non-hydrogen) atoms. The second-order valence-electron chi connectivity index (χ2n) is 3.31. The first-order chi connectivity index (χ1) is 4.27. The second kappa shape index (κ2) is 2.67. The van der Waals surface area contributed by atoms with Crippen molar-refractivity contribution in [3.05, 3.63) is 0 Å². The summed E-state index contributed by atoms with van der Waals surface area (Å²) in [6.07, 6.45) is 2.47. The van der Waals surface area contributed by atoms with Gasteiger partial charge in [0, 0.05) is 13.1 Å². The monoisotopic (exact) mass is 128 g/mol. The zero-order valence-corrected chi connectivity index (χ0v) is 6.11. The molecule has 1 fully saturated rings. The van der Waals surface area contributed by atoms with E-state index in [-0.39, 0.29) is 0 Å². The topological polar surface area (TPSA) is 38.0 Å². The van der Waals surface area contributed by atoms with E-state index in [2.05, 4.69) is 12.2 Å². The molecular weight excluding hydrogens is 112 g/mol. The van der Waals surface area contributed by atoms with Gasteiger partial charge in [-0.3, -0.25) is 0 Å². The molecule has 0 aromatic rings. The summed E-state index contributed by atoms with van der Waals surface area (Å²) in [5.74, 6) is 0. The molecule has 0 aromatic heterocycles. The Labute approximate surface area is 56.8 Å². The first kappa shape index (κ1) is 7.03. The molecule has 0 radical (unpaired) electrons. The smallest absolute Gasteiger partial charge is 0.00176 e. The van der Waals surface area contributed by atoms with Crippen molar-refractivity contribution >= 4 is 0 Å². The van der Waals surface area contributed by atoms with Crippen molar-refractivity contribution in [3.63, 3.8) is 0 Å². The Balaban J connectivity index is 2.09. The van der Waals surface area contributed by atoms with Crippen LogP contribution >= 0.6 is 0 Å². The Kier molecular flexibility index (Phi) is 2.09. The van der Waals surface area contributed by atoms with Crippen molar-refractivity contribution < 1.29 is 0 Å². The molecule has 1 aliphatic rings. The third-order valence-corrected chi connectivity index (χ3v) is 2.09. The summed E-state index contributed by atoms with van der Waals surface area (Å²) >= 11 is 0. The quantitative estimate of drug-likeness (QED) is 0.575. The Morgan fingerprint density at radius 3 is 2.56 bits per heavy atom. The molecule has 1 aliphatic heterocycles. The highest BCUT2D eigenvalue weighted by atomic mass is 15.0. The van der Waals surface area contributed by atoms with Crippen LogP contribution in [0.3, 0.4) is 0 Å². The predicted molar refractivity (Wildman–Crippen MR) is 39.3 cm³/mol. The maximum absolute atomic E-state index is 5.39. The predicted octanol–water partition coefficient (Wildman–Crippen LogP) is 0.335. The SMILES string of the molecule is CC1(CCCN)CNC1. The highest BCUT2D eigenvalue weighted by Gasteiger charge is 2.30. The lowest BCUT2D eigenvalue weighted by Gasteiger charge is -2.39. The lowest BCUT2D eigenvalue weighted by molar-refractivity contribution is 0.177. The van der Waals surface area contributed by atoms with Crippen LogP contribution in [0, 0.1) is 5.41 Å². The summed E-state index contributed by atoms with van der Waals surface area (Å²) in [5, 5.41) is 3.27. The van der Waals surface area contributed by atoms with Gasteiger partial charge < -0.3 is 11.1 Å². The van der Waals surface area contributed by atoms with E-state index >= 15 is 0 Å². The molecule has 0 bridgehead atoms. The minimum Gasteiger partial charge on any atom is -0.330 e. The zero-order valence-electron chi connectivity index (χ0n) is 6.11. The summed E-state index contributed by atoms with van der Waals surface area (Å²) in [4.78, 5) is 0. The minimum atomic E-state index is 0.583. The number of nitrogens with two attached hydrogens (primary N) is 1. The lowest BCUT2D eigenvalue weighted by atomic mass is 9.80. The first-order valence-electron chi connectivity index (χ1n) is 3.68. The van der Waals surface area contributed by atoms with Crippen LogP contribution in [0.25, 0.3) is 0 Å². The molecule has 1 heterocycles. The van der Waals surface area contributed by atoms with Gasteiger partial charge in [0.05, 0.1) is 0 Å². The van der Waals surface area contributed by atoms with Gasteiger partial charge in [-0.05, 0) is 24.8 Å². The van der Waals surface area contributed by atoms with Crippen molar-refractivity contribution in [1.29, 1.82) is 0 Å². The molecule has 54 valence electrons. The van der Waals surface area contributed by atoms with Gasteiger partial charge in [0.15, 0.2) is 0 Å². The minimum absolute atomic E-state index is 0.583. The van der Waals surface area contributed by atoms with Gasteiger partial charge in [-0.1, -0.05) is 6.92 Å². The summed E-state index contributed by atoms with van der Waals surface area (Å²) in [6.45, 7) is 5.54. The maximum atomic E-state index is 5.39. The second-order valence-corrected chi connectivity index (χ2v) is 3.31. The number of hydrogen-bond acceptors (Lipinski definition) is 2. The van der Waals surface area contributed by atoms with E-state index < -0.39 is 0 Å². The largest absolute Gasteiger partial charge is 0.330 e. The molecule has 0 spiro atoms. The van der Waals surface area contributed by atoms with Crippen LogP contribution in [0.2, 0.25) is 0 Å². The van der Waals surface area contributed by atoms with E-state index in [0.29, 0.717) is 5.41 Å². The van der Waals surface area contributed by atoms with Crippen LogP contribution in [0.15, 0.2) is 0 Å². The number of rotatable bonds is 3. The highest BCUT2D eigenvalue weighted by Crippen LogP contribution is 2.26. The maximum Gasteiger partial charge on any atom is 0.00176 e. The van der Waals surface area contributed by atoms with Gasteiger partial charge in [0.2, 0.25) is 0 Å².